The molecule has 6 rings (SSSR count). The van der Waals surface area contributed by atoms with E-state index in [4.69, 9.17) is 15.2 Å². The topological polar surface area (TPSA) is 123 Å². The Morgan fingerprint density at radius 2 is 1.97 bits per heavy atom. The summed E-state index contributed by atoms with van der Waals surface area (Å²) in [5.41, 5.74) is 5.63. The van der Waals surface area contributed by atoms with Crippen LogP contribution in [-0.4, -0.2) is 65.3 Å². The average Bonchev–Trinajstić information content (AvgIpc) is 3.40. The molecule has 0 bridgehead atoms. The Kier molecular flexibility index (Phi) is 5.02. The standard InChI is InChI=1S/C23H24F2N6O4/c24-15-7-16(26)19(25)14-6-12(5-13(14)15)9-30-3-1-23(2-4-30)11-31(22(33)35-23)17-8-27-21-20(28-17)29-18(32)10-34-21/h7-8,12H,1-6,9-11,26H2,(H,28,29,32). The number of nitrogen functional groups attached to an aromatic ring is 1. The molecule has 0 saturated carbocycles. The van der Waals surface area contributed by atoms with Crippen LogP contribution in [-0.2, 0) is 22.4 Å². The van der Waals surface area contributed by atoms with Crippen LogP contribution in [0.15, 0.2) is 12.3 Å². The van der Waals surface area contributed by atoms with Crippen molar-refractivity contribution in [1.82, 2.24) is 14.9 Å². The summed E-state index contributed by atoms with van der Waals surface area (Å²) in [7, 11) is 0. The van der Waals surface area contributed by atoms with Crippen LogP contribution in [0, 0.1) is 17.6 Å². The van der Waals surface area contributed by atoms with E-state index >= 15 is 0 Å². The fourth-order valence-electron chi connectivity index (χ4n) is 5.51. The maximum absolute atomic E-state index is 14.4. The number of hydrogen-bond acceptors (Lipinski definition) is 8. The molecule has 3 aliphatic heterocycles. The SMILES string of the molecule is Nc1cc(F)c2c(c1F)CC(CN1CCC3(CC1)CN(c1cnc4c(n1)NC(=O)CO4)C(=O)O3)C2. The number of anilines is 3. The summed E-state index contributed by atoms with van der Waals surface area (Å²) >= 11 is 0. The summed E-state index contributed by atoms with van der Waals surface area (Å²) in [6.45, 7) is 2.29. The van der Waals surface area contributed by atoms with E-state index in [2.05, 4.69) is 20.2 Å². The normalized spacial score (nSPS) is 23.0. The predicted molar refractivity (Wildman–Crippen MR) is 120 cm³/mol. The highest BCUT2D eigenvalue weighted by atomic mass is 19.1. The highest BCUT2D eigenvalue weighted by Crippen LogP contribution is 2.38. The molecule has 2 aromatic rings. The van der Waals surface area contributed by atoms with Gasteiger partial charge in [0.1, 0.15) is 17.2 Å². The largest absolute Gasteiger partial charge is 0.465 e. The molecule has 1 unspecified atom stereocenters. The van der Waals surface area contributed by atoms with Gasteiger partial charge in [-0.15, -0.1) is 0 Å². The number of nitrogens with zero attached hydrogens (tertiary/aromatic N) is 4. The lowest BCUT2D eigenvalue weighted by atomic mass is 9.90. The molecule has 2 amide bonds. The van der Waals surface area contributed by atoms with E-state index in [0.717, 1.165) is 6.07 Å². The zero-order valence-corrected chi connectivity index (χ0v) is 18.9. The second-order valence-corrected chi connectivity index (χ2v) is 9.65. The zero-order valence-electron chi connectivity index (χ0n) is 18.9. The van der Waals surface area contributed by atoms with Crippen LogP contribution in [0.3, 0.4) is 0 Å². The van der Waals surface area contributed by atoms with Crippen molar-refractivity contribution in [3.63, 3.8) is 0 Å². The van der Waals surface area contributed by atoms with Gasteiger partial charge in [-0.1, -0.05) is 0 Å². The Morgan fingerprint density at radius 3 is 2.77 bits per heavy atom. The lowest BCUT2D eigenvalue weighted by Crippen LogP contribution is -2.48. The molecule has 1 aliphatic carbocycles. The predicted octanol–water partition coefficient (Wildman–Crippen LogP) is 1.87. The van der Waals surface area contributed by atoms with Crippen LogP contribution in [0.1, 0.15) is 24.0 Å². The van der Waals surface area contributed by atoms with Gasteiger partial charge in [0.2, 0.25) is 0 Å². The number of rotatable bonds is 3. The van der Waals surface area contributed by atoms with Gasteiger partial charge in [-0.05, 0) is 29.9 Å². The number of ether oxygens (including phenoxy) is 2. The quantitative estimate of drug-likeness (QED) is 0.631. The third-order valence-corrected chi connectivity index (χ3v) is 7.29. The molecule has 1 atom stereocenters. The van der Waals surface area contributed by atoms with Crippen molar-refractivity contribution >= 4 is 29.3 Å². The Morgan fingerprint density at radius 1 is 1.20 bits per heavy atom. The molecule has 1 aromatic heterocycles. The molecular weight excluding hydrogens is 462 g/mol. The van der Waals surface area contributed by atoms with E-state index in [1.807, 2.05) is 0 Å². The summed E-state index contributed by atoms with van der Waals surface area (Å²) in [4.78, 5) is 36.4. The molecule has 3 N–H and O–H groups in total. The van der Waals surface area contributed by atoms with E-state index in [-0.39, 0.29) is 41.6 Å². The van der Waals surface area contributed by atoms with Gasteiger partial charge >= 0.3 is 6.09 Å². The summed E-state index contributed by atoms with van der Waals surface area (Å²) in [5, 5.41) is 2.59. The minimum Gasteiger partial charge on any atom is -0.465 e. The van der Waals surface area contributed by atoms with Crippen molar-refractivity contribution in [3.8, 4) is 5.88 Å². The Hall–Kier alpha value is -3.54. The summed E-state index contributed by atoms with van der Waals surface area (Å²) in [6, 6.07) is 1.06. The first-order chi connectivity index (χ1) is 16.8. The van der Waals surface area contributed by atoms with Crippen molar-refractivity contribution in [2.24, 2.45) is 5.92 Å². The second-order valence-electron chi connectivity index (χ2n) is 9.65. The highest BCUT2D eigenvalue weighted by molar-refractivity contribution is 5.94. The molecular formula is C23H24F2N6O4. The number of piperidine rings is 1. The van der Waals surface area contributed by atoms with Crippen LogP contribution in [0.25, 0.3) is 0 Å². The number of carbonyl (C=O) groups is 2. The summed E-state index contributed by atoms with van der Waals surface area (Å²) in [6.07, 6.45) is 3.12. The van der Waals surface area contributed by atoms with Crippen LogP contribution < -0.4 is 20.7 Å². The number of hydrogen-bond donors (Lipinski definition) is 2. The first kappa shape index (κ1) is 22.0. The molecule has 184 valence electrons. The fourth-order valence-corrected chi connectivity index (χ4v) is 5.51. The number of amides is 2. The van der Waals surface area contributed by atoms with Gasteiger partial charge in [0.05, 0.1) is 18.4 Å². The third-order valence-electron chi connectivity index (χ3n) is 7.29. The van der Waals surface area contributed by atoms with Gasteiger partial charge in [-0.3, -0.25) is 9.69 Å². The number of likely N-dealkylation sites (tertiary alicyclic amines) is 1. The smallest absolute Gasteiger partial charge is 0.416 e. The van der Waals surface area contributed by atoms with E-state index in [1.165, 1.54) is 11.1 Å². The van der Waals surface area contributed by atoms with Crippen molar-refractivity contribution in [1.29, 1.82) is 0 Å². The molecule has 4 aliphatic rings. The number of aromatic nitrogens is 2. The Labute approximate surface area is 199 Å². The van der Waals surface area contributed by atoms with Crippen LogP contribution in [0.5, 0.6) is 5.88 Å². The number of halogens is 2. The minimum atomic E-state index is -0.643. The second kappa shape index (κ2) is 8.01. The lowest BCUT2D eigenvalue weighted by molar-refractivity contribution is -0.118. The van der Waals surface area contributed by atoms with E-state index < -0.39 is 23.3 Å². The highest BCUT2D eigenvalue weighted by Gasteiger charge is 2.48. The number of carbonyl (C=O) groups excluding carboxylic acids is 2. The third kappa shape index (κ3) is 3.81. The first-order valence-electron chi connectivity index (χ1n) is 11.6. The number of nitrogens with one attached hydrogen (secondary N) is 1. The number of nitrogens with two attached hydrogens (primary N) is 1. The Bertz CT molecular complexity index is 1230. The van der Waals surface area contributed by atoms with Gasteiger partial charge < -0.3 is 25.4 Å². The summed E-state index contributed by atoms with van der Waals surface area (Å²) < 4.78 is 39.6. The van der Waals surface area contributed by atoms with Crippen LogP contribution in [0.2, 0.25) is 0 Å². The lowest BCUT2D eigenvalue weighted by Gasteiger charge is -2.38. The van der Waals surface area contributed by atoms with Crippen molar-refractivity contribution in [2.75, 3.05) is 48.7 Å². The molecule has 0 radical (unpaired) electrons. The van der Waals surface area contributed by atoms with Crippen molar-refractivity contribution in [3.05, 3.63) is 35.0 Å². The molecule has 2 fully saturated rings. The molecule has 1 spiro atoms. The molecule has 10 nitrogen and oxygen atoms in total. The van der Waals surface area contributed by atoms with E-state index in [1.54, 1.807) is 0 Å². The Balaban J connectivity index is 1.09. The maximum atomic E-state index is 14.4. The van der Waals surface area contributed by atoms with Gasteiger partial charge in [0.15, 0.2) is 18.2 Å². The van der Waals surface area contributed by atoms with E-state index in [0.29, 0.717) is 63.0 Å². The van der Waals surface area contributed by atoms with Crippen LogP contribution in [0.4, 0.5) is 30.9 Å². The molecule has 2 saturated heterocycles. The van der Waals surface area contributed by atoms with Crippen molar-refractivity contribution in [2.45, 2.75) is 31.3 Å². The monoisotopic (exact) mass is 486 g/mol. The maximum Gasteiger partial charge on any atom is 0.416 e. The molecule has 4 heterocycles. The number of benzene rings is 1. The first-order valence-corrected chi connectivity index (χ1v) is 11.6. The fraction of sp³-hybridized carbons (Fsp3) is 0.478. The van der Waals surface area contributed by atoms with Gasteiger partial charge in [-0.25, -0.2) is 23.5 Å². The van der Waals surface area contributed by atoms with E-state index in [9.17, 15) is 18.4 Å². The molecule has 35 heavy (non-hydrogen) atoms. The van der Waals surface area contributed by atoms with Gasteiger partial charge in [0.25, 0.3) is 11.8 Å². The summed E-state index contributed by atoms with van der Waals surface area (Å²) in [5.74, 6) is -0.503. The number of fused-ring (bicyclic) bond motifs is 2. The molecule has 1 aromatic carbocycles. The van der Waals surface area contributed by atoms with Crippen molar-refractivity contribution < 1.29 is 27.8 Å². The average molecular weight is 486 g/mol. The molecule has 12 heteroatoms. The zero-order chi connectivity index (χ0) is 24.3. The van der Waals surface area contributed by atoms with Gasteiger partial charge in [0, 0.05) is 38.5 Å². The van der Waals surface area contributed by atoms with Gasteiger partial charge in [-0.2, -0.15) is 0 Å². The minimum absolute atomic E-state index is 0.107. The van der Waals surface area contributed by atoms with Crippen LogP contribution >= 0.6 is 0 Å².